The van der Waals surface area contributed by atoms with Crippen molar-refractivity contribution in [2.24, 2.45) is 7.05 Å². The minimum absolute atomic E-state index is 0.0191. The summed E-state index contributed by atoms with van der Waals surface area (Å²) in [6.07, 6.45) is 5.39. The smallest absolute Gasteiger partial charge is 0.142 e. The summed E-state index contributed by atoms with van der Waals surface area (Å²) in [5, 5.41) is 3.36. The van der Waals surface area contributed by atoms with Gasteiger partial charge < -0.3 is 14.3 Å². The molecule has 0 bridgehead atoms. The molecule has 2 heterocycles. The summed E-state index contributed by atoms with van der Waals surface area (Å²) in [5.74, 6) is 1.80. The van der Waals surface area contributed by atoms with E-state index in [0.29, 0.717) is 0 Å². The van der Waals surface area contributed by atoms with E-state index in [9.17, 15) is 0 Å². The molecule has 86 valence electrons. The molecule has 2 aromatic rings. The van der Waals surface area contributed by atoms with E-state index in [0.717, 1.165) is 22.6 Å². The number of aryl methyl sites for hydroxylation is 1. The molecule has 0 aliphatic carbocycles. The van der Waals surface area contributed by atoms with Crippen LogP contribution in [0, 0.1) is 0 Å². The predicted molar refractivity (Wildman–Crippen MR) is 65.1 cm³/mol. The van der Waals surface area contributed by atoms with Crippen molar-refractivity contribution in [3.05, 3.63) is 40.8 Å². The number of hydrogen-bond donors (Lipinski definition) is 1. The zero-order valence-corrected chi connectivity index (χ0v) is 10.9. The summed E-state index contributed by atoms with van der Waals surface area (Å²) in [6, 6.07) is 1.87. The fraction of sp³-hybridized carbons (Fsp3) is 0.364. The van der Waals surface area contributed by atoms with Crippen LogP contribution < -0.4 is 5.32 Å². The van der Waals surface area contributed by atoms with Crippen molar-refractivity contribution in [1.82, 2.24) is 14.9 Å². The first-order valence-electron chi connectivity index (χ1n) is 5.17. The summed E-state index contributed by atoms with van der Waals surface area (Å²) < 4.78 is 8.44. The van der Waals surface area contributed by atoms with Crippen molar-refractivity contribution in [3.8, 4) is 0 Å². The second-order valence-electron chi connectivity index (χ2n) is 3.52. The van der Waals surface area contributed by atoms with Gasteiger partial charge in [-0.2, -0.15) is 0 Å². The van der Waals surface area contributed by atoms with E-state index in [1.165, 1.54) is 0 Å². The van der Waals surface area contributed by atoms with Gasteiger partial charge in [0.25, 0.3) is 0 Å². The summed E-state index contributed by atoms with van der Waals surface area (Å²) in [4.78, 5) is 4.35. The Hall–Kier alpha value is -1.07. The Morgan fingerprint density at radius 2 is 2.44 bits per heavy atom. The van der Waals surface area contributed by atoms with Crippen molar-refractivity contribution >= 4 is 15.9 Å². The van der Waals surface area contributed by atoms with Gasteiger partial charge >= 0.3 is 0 Å². The average Bonchev–Trinajstić information content (AvgIpc) is 2.84. The summed E-state index contributed by atoms with van der Waals surface area (Å²) >= 11 is 3.48. The highest BCUT2D eigenvalue weighted by Gasteiger charge is 2.22. The Balaban J connectivity index is 2.39. The number of halogens is 1. The Morgan fingerprint density at radius 1 is 1.62 bits per heavy atom. The number of hydrogen-bond acceptors (Lipinski definition) is 3. The van der Waals surface area contributed by atoms with Gasteiger partial charge in [-0.1, -0.05) is 6.92 Å². The molecule has 4 nitrogen and oxygen atoms in total. The van der Waals surface area contributed by atoms with Gasteiger partial charge in [-0.05, 0) is 28.5 Å². The zero-order valence-electron chi connectivity index (χ0n) is 9.27. The van der Waals surface area contributed by atoms with Crippen molar-refractivity contribution in [2.75, 3.05) is 6.54 Å². The third-order valence-corrected chi connectivity index (χ3v) is 3.09. The van der Waals surface area contributed by atoms with Crippen LogP contribution in [-0.2, 0) is 7.05 Å². The SMILES string of the molecule is CCNC(c1occc1Br)c1nccn1C. The standard InChI is InChI=1S/C11H14BrN3O/c1-3-13-9(10-8(12)4-7-16-10)11-14-5-6-15(11)2/h4-7,9,13H,3H2,1-2H3. The summed E-state index contributed by atoms with van der Waals surface area (Å²) in [7, 11) is 1.98. The molecular formula is C11H14BrN3O. The predicted octanol–water partition coefficient (Wildman–Crippen LogP) is 2.47. The molecule has 0 saturated carbocycles. The molecule has 1 unspecified atom stereocenters. The number of imidazole rings is 1. The van der Waals surface area contributed by atoms with Gasteiger partial charge in [0.15, 0.2) is 0 Å². The number of aromatic nitrogens is 2. The zero-order chi connectivity index (χ0) is 11.5. The highest BCUT2D eigenvalue weighted by atomic mass is 79.9. The fourth-order valence-electron chi connectivity index (χ4n) is 1.67. The lowest BCUT2D eigenvalue weighted by molar-refractivity contribution is 0.434. The molecule has 16 heavy (non-hydrogen) atoms. The van der Waals surface area contributed by atoms with E-state index >= 15 is 0 Å². The quantitative estimate of drug-likeness (QED) is 0.938. The maximum atomic E-state index is 5.50. The first kappa shape index (κ1) is 11.4. The minimum atomic E-state index is -0.0191. The molecule has 1 atom stereocenters. The Morgan fingerprint density at radius 3 is 2.94 bits per heavy atom. The lowest BCUT2D eigenvalue weighted by Gasteiger charge is -2.15. The first-order valence-corrected chi connectivity index (χ1v) is 5.96. The van der Waals surface area contributed by atoms with Gasteiger partial charge in [0.1, 0.15) is 17.6 Å². The van der Waals surface area contributed by atoms with Crippen LogP contribution in [0.1, 0.15) is 24.6 Å². The van der Waals surface area contributed by atoms with E-state index in [2.05, 4.69) is 33.2 Å². The van der Waals surface area contributed by atoms with Crippen LogP contribution in [0.3, 0.4) is 0 Å². The second kappa shape index (κ2) is 4.84. The number of nitrogens with one attached hydrogen (secondary N) is 1. The molecule has 0 aliphatic rings. The lowest BCUT2D eigenvalue weighted by Crippen LogP contribution is -2.24. The van der Waals surface area contributed by atoms with Gasteiger partial charge in [-0.3, -0.25) is 0 Å². The molecule has 1 N–H and O–H groups in total. The normalized spacial score (nSPS) is 12.9. The third-order valence-electron chi connectivity index (χ3n) is 2.43. The Bertz CT molecular complexity index is 423. The van der Waals surface area contributed by atoms with Gasteiger partial charge in [0, 0.05) is 19.4 Å². The minimum Gasteiger partial charge on any atom is -0.466 e. The average molecular weight is 284 g/mol. The molecule has 0 aromatic carbocycles. The van der Waals surface area contributed by atoms with Crippen LogP contribution in [0.15, 0.2) is 33.6 Å². The van der Waals surface area contributed by atoms with Gasteiger partial charge in [-0.15, -0.1) is 0 Å². The molecule has 0 spiro atoms. The van der Waals surface area contributed by atoms with E-state index in [4.69, 9.17) is 4.42 Å². The maximum absolute atomic E-state index is 5.50. The maximum Gasteiger partial charge on any atom is 0.142 e. The topological polar surface area (TPSA) is 43.0 Å². The molecule has 5 heteroatoms. The molecular weight excluding hydrogens is 270 g/mol. The molecule has 2 aromatic heterocycles. The first-order chi connectivity index (χ1) is 7.74. The van der Waals surface area contributed by atoms with Crippen molar-refractivity contribution in [3.63, 3.8) is 0 Å². The van der Waals surface area contributed by atoms with Gasteiger partial charge in [0.05, 0.1) is 10.7 Å². The monoisotopic (exact) mass is 283 g/mol. The highest BCUT2D eigenvalue weighted by molar-refractivity contribution is 9.10. The number of furan rings is 1. The van der Waals surface area contributed by atoms with E-state index in [1.807, 2.05) is 23.9 Å². The third kappa shape index (κ3) is 2.05. The summed E-state index contributed by atoms with van der Waals surface area (Å²) in [6.45, 7) is 2.91. The van der Waals surface area contributed by atoms with Gasteiger partial charge in [-0.25, -0.2) is 4.98 Å². The van der Waals surface area contributed by atoms with Crippen molar-refractivity contribution in [1.29, 1.82) is 0 Å². The van der Waals surface area contributed by atoms with E-state index in [1.54, 1.807) is 12.5 Å². The Kier molecular flexibility index (Phi) is 3.46. The largest absolute Gasteiger partial charge is 0.466 e. The Labute approximate surface area is 103 Å². The van der Waals surface area contributed by atoms with Crippen LogP contribution in [-0.4, -0.2) is 16.1 Å². The van der Waals surface area contributed by atoms with E-state index in [-0.39, 0.29) is 6.04 Å². The molecule has 0 aliphatic heterocycles. The number of rotatable bonds is 4. The van der Waals surface area contributed by atoms with Crippen LogP contribution in [0.2, 0.25) is 0 Å². The highest BCUT2D eigenvalue weighted by Crippen LogP contribution is 2.28. The molecule has 2 rings (SSSR count). The van der Waals surface area contributed by atoms with Crippen LogP contribution in [0.4, 0.5) is 0 Å². The molecule has 0 saturated heterocycles. The lowest BCUT2D eigenvalue weighted by atomic mass is 10.2. The molecule has 0 radical (unpaired) electrons. The number of nitrogens with zero attached hydrogens (tertiary/aromatic N) is 2. The fourth-order valence-corrected chi connectivity index (χ4v) is 2.10. The van der Waals surface area contributed by atoms with Crippen molar-refractivity contribution in [2.45, 2.75) is 13.0 Å². The second-order valence-corrected chi connectivity index (χ2v) is 4.37. The van der Waals surface area contributed by atoms with Gasteiger partial charge in [0.2, 0.25) is 0 Å². The summed E-state index contributed by atoms with van der Waals surface area (Å²) in [5.41, 5.74) is 0. The molecule has 0 fully saturated rings. The van der Waals surface area contributed by atoms with E-state index < -0.39 is 0 Å². The molecule has 0 amide bonds. The van der Waals surface area contributed by atoms with Crippen molar-refractivity contribution < 1.29 is 4.42 Å². The van der Waals surface area contributed by atoms with Crippen LogP contribution in [0.5, 0.6) is 0 Å². The van der Waals surface area contributed by atoms with Crippen LogP contribution >= 0.6 is 15.9 Å². The van der Waals surface area contributed by atoms with Crippen LogP contribution in [0.25, 0.3) is 0 Å².